The molecule has 0 aliphatic carbocycles. The van der Waals surface area contributed by atoms with Gasteiger partial charge in [-0.3, -0.25) is 8.80 Å². The fourth-order valence-electron chi connectivity index (χ4n) is 10.9. The monoisotopic (exact) mass is 747 g/mol. The van der Waals surface area contributed by atoms with Crippen LogP contribution in [0.25, 0.3) is 137 Å². The van der Waals surface area contributed by atoms with Crippen LogP contribution in [0.3, 0.4) is 0 Å². The van der Waals surface area contributed by atoms with Crippen molar-refractivity contribution in [2.24, 2.45) is 0 Å². The molecule has 0 unspecified atom stereocenters. The summed E-state index contributed by atoms with van der Waals surface area (Å²) >= 11 is 0. The van der Waals surface area contributed by atoms with E-state index in [1.165, 1.54) is 87.1 Å². The summed E-state index contributed by atoms with van der Waals surface area (Å²) in [6, 6.07) is 64.3. The maximum Gasteiger partial charge on any atom is 0.165 e. The van der Waals surface area contributed by atoms with E-state index in [2.05, 4.69) is 189 Å². The van der Waals surface area contributed by atoms with Crippen molar-refractivity contribution in [2.45, 2.75) is 0 Å². The largest absolute Gasteiger partial charge is 0.309 e. The lowest BCUT2D eigenvalue weighted by molar-refractivity contribution is 1.18. The minimum atomic E-state index is 0.888. The Morgan fingerprint density at radius 1 is 0.339 bits per heavy atom. The van der Waals surface area contributed by atoms with Crippen LogP contribution in [-0.4, -0.2) is 23.3 Å². The molecule has 0 radical (unpaired) electrons. The molecule has 0 saturated carbocycles. The molecule has 5 heteroatoms. The molecule has 0 atom stereocenters. The smallest absolute Gasteiger partial charge is 0.165 e. The van der Waals surface area contributed by atoms with E-state index in [4.69, 9.17) is 9.97 Å². The van der Waals surface area contributed by atoms with Crippen LogP contribution in [0.5, 0.6) is 0 Å². The van der Waals surface area contributed by atoms with E-state index in [0.717, 1.165) is 49.8 Å². The second-order valence-corrected chi connectivity index (χ2v) is 16.1. The van der Waals surface area contributed by atoms with Gasteiger partial charge in [-0.05, 0) is 75.6 Å². The Balaban J connectivity index is 1.13. The van der Waals surface area contributed by atoms with Gasteiger partial charge in [0.2, 0.25) is 0 Å². The average Bonchev–Trinajstić information content (AvgIpc) is 4.08. The van der Waals surface area contributed by atoms with Gasteiger partial charge in [0.05, 0.1) is 33.1 Å². The summed E-state index contributed by atoms with van der Waals surface area (Å²) in [5.41, 5.74) is 14.3. The molecule has 270 valence electrons. The first-order valence-corrected chi connectivity index (χ1v) is 20.3. The number of hydrogen-bond donors (Lipinski definition) is 0. The quantitative estimate of drug-likeness (QED) is 0.177. The van der Waals surface area contributed by atoms with E-state index >= 15 is 0 Å². The third-order valence-electron chi connectivity index (χ3n) is 13.2. The van der Waals surface area contributed by atoms with E-state index in [-0.39, 0.29) is 0 Å². The van der Waals surface area contributed by atoms with Crippen molar-refractivity contribution in [3.63, 3.8) is 0 Å². The number of hydrogen-bond acceptors (Lipinski definition) is 2. The number of nitrogens with zero attached hydrogens (tertiary/aromatic N) is 5. The van der Waals surface area contributed by atoms with Crippen molar-refractivity contribution in [3.8, 4) is 16.8 Å². The SMILES string of the molecule is c1ccc(-n2c3ccccc3c3cc(-c4c5ccccc5cc5c6cccc7c8nc9c(nc8n(c45)c67)c4c5ccccc5cc5c6ccccc6n9c54)ccc32)cc1. The molecule has 0 amide bonds. The molecule has 0 spiro atoms. The zero-order valence-corrected chi connectivity index (χ0v) is 31.5. The van der Waals surface area contributed by atoms with Gasteiger partial charge in [0.1, 0.15) is 11.0 Å². The van der Waals surface area contributed by atoms with Gasteiger partial charge in [-0.25, -0.2) is 9.97 Å². The fraction of sp³-hybridized carbons (Fsp3) is 0. The second-order valence-electron chi connectivity index (χ2n) is 16.1. The molecule has 0 aliphatic rings. The van der Waals surface area contributed by atoms with Crippen molar-refractivity contribution >= 4 is 120 Å². The molecule has 0 bridgehead atoms. The van der Waals surface area contributed by atoms with Crippen LogP contribution >= 0.6 is 0 Å². The zero-order valence-electron chi connectivity index (χ0n) is 31.5. The average molecular weight is 748 g/mol. The molecule has 15 rings (SSSR count). The fourth-order valence-corrected chi connectivity index (χ4v) is 10.9. The van der Waals surface area contributed by atoms with Crippen molar-refractivity contribution in [2.75, 3.05) is 0 Å². The molecule has 6 heterocycles. The summed E-state index contributed by atoms with van der Waals surface area (Å²) in [5, 5.41) is 14.5. The van der Waals surface area contributed by atoms with E-state index in [1.807, 2.05) is 0 Å². The summed E-state index contributed by atoms with van der Waals surface area (Å²) in [7, 11) is 0. The first-order valence-electron chi connectivity index (χ1n) is 20.3. The van der Waals surface area contributed by atoms with Crippen LogP contribution in [-0.2, 0) is 0 Å². The number of benzene rings is 9. The molecular weight excluding hydrogens is 719 g/mol. The Bertz CT molecular complexity index is 4300. The Kier molecular flexibility index (Phi) is 5.36. The molecule has 0 fully saturated rings. The van der Waals surface area contributed by atoms with Crippen LogP contribution in [0.15, 0.2) is 176 Å². The highest BCUT2D eigenvalue weighted by Gasteiger charge is 2.27. The number of rotatable bonds is 2. The molecule has 9 aromatic carbocycles. The van der Waals surface area contributed by atoms with Crippen LogP contribution in [0.2, 0.25) is 0 Å². The van der Waals surface area contributed by atoms with Crippen LogP contribution in [0.1, 0.15) is 0 Å². The first kappa shape index (κ1) is 30.2. The number of para-hydroxylation sites is 4. The van der Waals surface area contributed by atoms with Crippen LogP contribution < -0.4 is 0 Å². The van der Waals surface area contributed by atoms with Gasteiger partial charge in [-0.1, -0.05) is 127 Å². The molecular formula is C54H29N5. The normalized spacial score (nSPS) is 12.7. The summed E-state index contributed by atoms with van der Waals surface area (Å²) in [5.74, 6) is 0. The van der Waals surface area contributed by atoms with E-state index in [1.54, 1.807) is 0 Å². The third-order valence-corrected chi connectivity index (χ3v) is 13.2. The van der Waals surface area contributed by atoms with Crippen molar-refractivity contribution in [3.05, 3.63) is 176 Å². The minimum Gasteiger partial charge on any atom is -0.309 e. The molecule has 59 heavy (non-hydrogen) atoms. The van der Waals surface area contributed by atoms with Crippen LogP contribution in [0, 0.1) is 0 Å². The standard InChI is InChI=1S/C54H29N5/c1-2-15-33(16-3-1)57-43-23-10-8-19-36(43)40-29-32(25-26-45(40)57)46-34-17-6-4-13-30(34)28-42-38-21-12-22-39-48-53(59(50(38)39)51(42)46)56-49-47-35-18-7-5-14-31(35)27-41-37-20-9-11-24-44(37)58(52(41)47)54(49)55-48/h1-29H. The predicted molar refractivity (Wildman–Crippen MR) is 246 cm³/mol. The maximum absolute atomic E-state index is 5.78. The van der Waals surface area contributed by atoms with E-state index in [9.17, 15) is 0 Å². The van der Waals surface area contributed by atoms with Crippen molar-refractivity contribution < 1.29 is 0 Å². The molecule has 0 aliphatic heterocycles. The van der Waals surface area contributed by atoms with Gasteiger partial charge in [0.25, 0.3) is 0 Å². The maximum atomic E-state index is 5.78. The summed E-state index contributed by atoms with van der Waals surface area (Å²) in [6.07, 6.45) is 0. The lowest BCUT2D eigenvalue weighted by Crippen LogP contribution is -1.94. The summed E-state index contributed by atoms with van der Waals surface area (Å²) in [6.45, 7) is 0. The Labute approximate surface area is 334 Å². The van der Waals surface area contributed by atoms with E-state index in [0.29, 0.717) is 0 Å². The van der Waals surface area contributed by atoms with Gasteiger partial charge in [0.15, 0.2) is 11.3 Å². The Morgan fingerprint density at radius 3 is 1.76 bits per heavy atom. The van der Waals surface area contributed by atoms with Gasteiger partial charge in [-0.15, -0.1) is 0 Å². The summed E-state index contributed by atoms with van der Waals surface area (Å²) in [4.78, 5) is 11.5. The van der Waals surface area contributed by atoms with Gasteiger partial charge < -0.3 is 4.57 Å². The van der Waals surface area contributed by atoms with Gasteiger partial charge in [0, 0.05) is 54.3 Å². The second kappa shape index (κ2) is 10.5. The Morgan fingerprint density at radius 2 is 0.932 bits per heavy atom. The number of aromatic nitrogens is 5. The van der Waals surface area contributed by atoms with E-state index < -0.39 is 0 Å². The predicted octanol–water partition coefficient (Wildman–Crippen LogP) is 13.8. The number of fused-ring (bicyclic) bond motifs is 18. The topological polar surface area (TPSA) is 39.5 Å². The lowest BCUT2D eigenvalue weighted by Gasteiger charge is -2.12. The highest BCUT2D eigenvalue weighted by molar-refractivity contribution is 6.32. The van der Waals surface area contributed by atoms with Gasteiger partial charge in [-0.2, -0.15) is 0 Å². The first-order chi connectivity index (χ1) is 29.3. The lowest BCUT2D eigenvalue weighted by atomic mass is 9.93. The Hall–Kier alpha value is -8.02. The highest BCUT2D eigenvalue weighted by atomic mass is 15.1. The molecule has 15 aromatic rings. The molecule has 6 aromatic heterocycles. The molecule has 0 N–H and O–H groups in total. The zero-order chi connectivity index (χ0) is 38.1. The van der Waals surface area contributed by atoms with Crippen molar-refractivity contribution in [1.29, 1.82) is 0 Å². The van der Waals surface area contributed by atoms with Crippen molar-refractivity contribution in [1.82, 2.24) is 23.3 Å². The molecule has 5 nitrogen and oxygen atoms in total. The van der Waals surface area contributed by atoms with Crippen LogP contribution in [0.4, 0.5) is 0 Å². The third kappa shape index (κ3) is 3.59. The minimum absolute atomic E-state index is 0.888. The van der Waals surface area contributed by atoms with Gasteiger partial charge >= 0.3 is 0 Å². The molecule has 0 saturated heterocycles. The summed E-state index contributed by atoms with van der Waals surface area (Å²) < 4.78 is 7.19. The highest BCUT2D eigenvalue weighted by Crippen LogP contribution is 2.48.